The zero-order valence-corrected chi connectivity index (χ0v) is 8.72. The van der Waals surface area contributed by atoms with Crippen LogP contribution in [-0.2, 0) is 10.3 Å². The molecular formula is C12H14FNO. The van der Waals surface area contributed by atoms with Crippen LogP contribution in [0.2, 0.25) is 0 Å². The van der Waals surface area contributed by atoms with E-state index in [9.17, 15) is 9.18 Å². The summed E-state index contributed by atoms with van der Waals surface area (Å²) in [4.78, 5) is 11.3. The second-order valence-electron chi connectivity index (χ2n) is 3.99. The average Bonchev–Trinajstić information content (AvgIpc) is 3.00. The molecule has 80 valence electrons. The Kier molecular flexibility index (Phi) is 2.47. The van der Waals surface area contributed by atoms with Crippen molar-refractivity contribution in [1.82, 2.24) is 5.32 Å². The summed E-state index contributed by atoms with van der Waals surface area (Å²) in [5.41, 5.74) is 0.798. The highest BCUT2D eigenvalue weighted by atomic mass is 19.1. The zero-order valence-electron chi connectivity index (χ0n) is 8.72. The molecule has 0 bridgehead atoms. The van der Waals surface area contributed by atoms with Crippen molar-refractivity contribution in [3.05, 3.63) is 35.6 Å². The van der Waals surface area contributed by atoms with Crippen LogP contribution in [-0.4, -0.2) is 5.91 Å². The van der Waals surface area contributed by atoms with Crippen LogP contribution in [0.4, 0.5) is 4.39 Å². The lowest BCUT2D eigenvalue weighted by atomic mass is 10.0. The van der Waals surface area contributed by atoms with Crippen molar-refractivity contribution in [2.75, 3.05) is 0 Å². The Balaban J connectivity index is 2.16. The van der Waals surface area contributed by atoms with E-state index in [1.54, 1.807) is 12.1 Å². The molecule has 3 heteroatoms. The fourth-order valence-corrected chi connectivity index (χ4v) is 1.74. The lowest BCUT2D eigenvalue weighted by Crippen LogP contribution is -2.34. The third-order valence-electron chi connectivity index (χ3n) is 2.85. The molecule has 2 rings (SSSR count). The lowest BCUT2D eigenvalue weighted by Gasteiger charge is -2.17. The lowest BCUT2D eigenvalue weighted by molar-refractivity contribution is -0.121. The number of benzene rings is 1. The smallest absolute Gasteiger partial charge is 0.220 e. The van der Waals surface area contributed by atoms with Gasteiger partial charge >= 0.3 is 0 Å². The van der Waals surface area contributed by atoms with E-state index in [1.807, 2.05) is 6.92 Å². The Morgan fingerprint density at radius 3 is 2.47 bits per heavy atom. The standard InChI is InChI=1S/C12H14FNO/c1-2-11(15)14-12(7-8-12)9-3-5-10(13)6-4-9/h3-6H,2,7-8H2,1H3,(H,14,15). The number of nitrogens with one attached hydrogen (secondary N) is 1. The van der Waals surface area contributed by atoms with Crippen LogP contribution in [0, 0.1) is 5.82 Å². The van der Waals surface area contributed by atoms with Crippen molar-refractivity contribution in [3.8, 4) is 0 Å². The molecule has 1 aromatic rings. The van der Waals surface area contributed by atoms with E-state index in [0.717, 1.165) is 18.4 Å². The maximum absolute atomic E-state index is 12.7. The van der Waals surface area contributed by atoms with Gasteiger partial charge in [-0.3, -0.25) is 4.79 Å². The molecule has 0 atom stereocenters. The van der Waals surface area contributed by atoms with Crippen molar-refractivity contribution in [2.45, 2.75) is 31.7 Å². The Morgan fingerprint density at radius 2 is 2.00 bits per heavy atom. The first kappa shape index (κ1) is 10.1. The highest BCUT2D eigenvalue weighted by Crippen LogP contribution is 2.45. The highest BCUT2D eigenvalue weighted by Gasteiger charge is 2.45. The molecule has 15 heavy (non-hydrogen) atoms. The van der Waals surface area contributed by atoms with E-state index in [2.05, 4.69) is 5.32 Å². The molecule has 0 aromatic heterocycles. The Bertz CT molecular complexity index is 368. The monoisotopic (exact) mass is 207 g/mol. The van der Waals surface area contributed by atoms with Crippen LogP contribution in [0.25, 0.3) is 0 Å². The molecule has 1 N–H and O–H groups in total. The van der Waals surface area contributed by atoms with Gasteiger partial charge in [0.25, 0.3) is 0 Å². The fraction of sp³-hybridized carbons (Fsp3) is 0.417. The van der Waals surface area contributed by atoms with Gasteiger partial charge in [-0.2, -0.15) is 0 Å². The van der Waals surface area contributed by atoms with Crippen molar-refractivity contribution in [3.63, 3.8) is 0 Å². The van der Waals surface area contributed by atoms with Gasteiger partial charge in [-0.05, 0) is 30.5 Å². The van der Waals surface area contributed by atoms with Gasteiger partial charge in [-0.25, -0.2) is 4.39 Å². The number of hydrogen-bond donors (Lipinski definition) is 1. The Hall–Kier alpha value is -1.38. The Morgan fingerprint density at radius 1 is 1.40 bits per heavy atom. The summed E-state index contributed by atoms with van der Waals surface area (Å²) in [5, 5.41) is 2.99. The predicted molar refractivity (Wildman–Crippen MR) is 55.7 cm³/mol. The number of halogens is 1. The second kappa shape index (κ2) is 3.65. The normalized spacial score (nSPS) is 17.2. The number of rotatable bonds is 3. The summed E-state index contributed by atoms with van der Waals surface area (Å²) < 4.78 is 12.7. The Labute approximate surface area is 88.5 Å². The van der Waals surface area contributed by atoms with Crippen molar-refractivity contribution >= 4 is 5.91 Å². The summed E-state index contributed by atoms with van der Waals surface area (Å²) >= 11 is 0. The van der Waals surface area contributed by atoms with E-state index in [1.165, 1.54) is 12.1 Å². The predicted octanol–water partition coefficient (Wildman–Crippen LogP) is 2.34. The number of amides is 1. The average molecular weight is 207 g/mol. The maximum atomic E-state index is 12.7. The molecule has 0 saturated heterocycles. The molecule has 0 radical (unpaired) electrons. The van der Waals surface area contributed by atoms with Gasteiger partial charge in [-0.1, -0.05) is 19.1 Å². The quantitative estimate of drug-likeness (QED) is 0.809. The molecule has 1 fully saturated rings. The molecule has 2 nitrogen and oxygen atoms in total. The van der Waals surface area contributed by atoms with Crippen LogP contribution in [0.1, 0.15) is 31.7 Å². The minimum absolute atomic E-state index is 0.0526. The third-order valence-corrected chi connectivity index (χ3v) is 2.85. The summed E-state index contributed by atoms with van der Waals surface area (Å²) in [7, 11) is 0. The van der Waals surface area contributed by atoms with Gasteiger partial charge in [0, 0.05) is 6.42 Å². The highest BCUT2D eigenvalue weighted by molar-refractivity contribution is 5.77. The molecule has 0 spiro atoms. The number of carbonyl (C=O) groups is 1. The third kappa shape index (κ3) is 2.01. The van der Waals surface area contributed by atoms with Crippen LogP contribution >= 0.6 is 0 Å². The van der Waals surface area contributed by atoms with Gasteiger partial charge < -0.3 is 5.32 Å². The van der Waals surface area contributed by atoms with Crippen molar-refractivity contribution in [1.29, 1.82) is 0 Å². The van der Waals surface area contributed by atoms with Crippen LogP contribution in [0.5, 0.6) is 0 Å². The molecule has 1 aromatic carbocycles. The SMILES string of the molecule is CCC(=O)NC1(c2ccc(F)cc2)CC1. The van der Waals surface area contributed by atoms with Crippen LogP contribution in [0.3, 0.4) is 0 Å². The molecule has 1 aliphatic carbocycles. The first-order chi connectivity index (χ1) is 7.16. The largest absolute Gasteiger partial charge is 0.347 e. The molecule has 0 heterocycles. The molecule has 0 aliphatic heterocycles. The van der Waals surface area contributed by atoms with E-state index in [0.29, 0.717) is 6.42 Å². The number of hydrogen-bond acceptors (Lipinski definition) is 1. The fourth-order valence-electron chi connectivity index (χ4n) is 1.74. The topological polar surface area (TPSA) is 29.1 Å². The zero-order chi connectivity index (χ0) is 10.9. The summed E-state index contributed by atoms with van der Waals surface area (Å²) in [6.45, 7) is 1.83. The van der Waals surface area contributed by atoms with E-state index < -0.39 is 0 Å². The van der Waals surface area contributed by atoms with Gasteiger partial charge in [-0.15, -0.1) is 0 Å². The molecule has 0 unspecified atom stereocenters. The summed E-state index contributed by atoms with van der Waals surface area (Å²) in [6.07, 6.45) is 2.39. The molecule has 1 saturated carbocycles. The van der Waals surface area contributed by atoms with E-state index in [-0.39, 0.29) is 17.3 Å². The minimum atomic E-state index is -0.239. The van der Waals surface area contributed by atoms with Crippen molar-refractivity contribution < 1.29 is 9.18 Å². The molecule has 1 aliphatic rings. The van der Waals surface area contributed by atoms with E-state index >= 15 is 0 Å². The summed E-state index contributed by atoms with van der Waals surface area (Å²) in [5.74, 6) is -0.187. The first-order valence-electron chi connectivity index (χ1n) is 5.23. The molecular weight excluding hydrogens is 193 g/mol. The van der Waals surface area contributed by atoms with Crippen LogP contribution in [0.15, 0.2) is 24.3 Å². The van der Waals surface area contributed by atoms with Gasteiger partial charge in [0.2, 0.25) is 5.91 Å². The summed E-state index contributed by atoms with van der Waals surface area (Å²) in [6, 6.07) is 6.37. The van der Waals surface area contributed by atoms with Crippen molar-refractivity contribution in [2.24, 2.45) is 0 Å². The van der Waals surface area contributed by atoms with Gasteiger partial charge in [0.1, 0.15) is 5.82 Å². The van der Waals surface area contributed by atoms with E-state index in [4.69, 9.17) is 0 Å². The first-order valence-corrected chi connectivity index (χ1v) is 5.23. The van der Waals surface area contributed by atoms with Gasteiger partial charge in [0.05, 0.1) is 5.54 Å². The van der Waals surface area contributed by atoms with Gasteiger partial charge in [0.15, 0.2) is 0 Å². The minimum Gasteiger partial charge on any atom is -0.347 e. The number of carbonyl (C=O) groups excluding carboxylic acids is 1. The van der Waals surface area contributed by atoms with Crippen LogP contribution < -0.4 is 5.32 Å². The molecule has 1 amide bonds. The maximum Gasteiger partial charge on any atom is 0.220 e. The second-order valence-corrected chi connectivity index (χ2v) is 3.99.